The predicted molar refractivity (Wildman–Crippen MR) is 83.0 cm³/mol. The Balaban J connectivity index is 1.84. The third-order valence-corrected chi connectivity index (χ3v) is 5.44. The molecule has 0 spiro atoms. The number of nitrogens with two attached hydrogens (primary N) is 1. The van der Waals surface area contributed by atoms with Crippen molar-refractivity contribution >= 4 is 17.7 Å². The highest BCUT2D eigenvalue weighted by molar-refractivity contribution is 7.99. The zero-order valence-electron chi connectivity index (χ0n) is 12.4. The zero-order chi connectivity index (χ0) is 14.4. The summed E-state index contributed by atoms with van der Waals surface area (Å²) in [5.74, 6) is 2.43. The van der Waals surface area contributed by atoms with Crippen molar-refractivity contribution in [3.8, 4) is 0 Å². The van der Waals surface area contributed by atoms with Crippen LogP contribution in [0.4, 0.5) is 0 Å². The fourth-order valence-corrected chi connectivity index (χ4v) is 4.32. The standard InChI is InChI=1S/C14H27N3O2S/c1-12(15)2-3-13(18)16-10-14(4-9-20-11-14)17-5-7-19-8-6-17/h12H,2-11,15H2,1H3,(H,16,18). The van der Waals surface area contributed by atoms with Crippen molar-refractivity contribution in [3.63, 3.8) is 0 Å². The highest BCUT2D eigenvalue weighted by Crippen LogP contribution is 2.33. The van der Waals surface area contributed by atoms with Gasteiger partial charge in [0.15, 0.2) is 0 Å². The second-order valence-electron chi connectivity index (χ2n) is 5.92. The fraction of sp³-hybridized carbons (Fsp3) is 0.929. The van der Waals surface area contributed by atoms with Gasteiger partial charge in [0, 0.05) is 43.4 Å². The number of amides is 1. The van der Waals surface area contributed by atoms with Gasteiger partial charge in [-0.15, -0.1) is 0 Å². The number of nitrogens with zero attached hydrogens (tertiary/aromatic N) is 1. The van der Waals surface area contributed by atoms with Crippen LogP contribution in [-0.4, -0.2) is 66.7 Å². The first-order valence-electron chi connectivity index (χ1n) is 7.55. The summed E-state index contributed by atoms with van der Waals surface area (Å²) in [6.45, 7) is 6.29. The maximum absolute atomic E-state index is 11.9. The predicted octanol–water partition coefficient (Wildman–Crippen LogP) is 0.438. The maximum atomic E-state index is 11.9. The largest absolute Gasteiger partial charge is 0.379 e. The Labute approximate surface area is 126 Å². The van der Waals surface area contributed by atoms with Gasteiger partial charge in [0.25, 0.3) is 0 Å². The Bertz CT molecular complexity index is 314. The van der Waals surface area contributed by atoms with Crippen molar-refractivity contribution in [2.45, 2.75) is 37.8 Å². The molecule has 20 heavy (non-hydrogen) atoms. The van der Waals surface area contributed by atoms with Crippen LogP contribution >= 0.6 is 11.8 Å². The van der Waals surface area contributed by atoms with Crippen LogP contribution < -0.4 is 11.1 Å². The van der Waals surface area contributed by atoms with E-state index < -0.39 is 0 Å². The molecule has 2 saturated heterocycles. The molecule has 2 fully saturated rings. The number of thioether (sulfide) groups is 1. The van der Waals surface area contributed by atoms with Crippen LogP contribution in [0.5, 0.6) is 0 Å². The van der Waals surface area contributed by atoms with E-state index in [0.29, 0.717) is 6.42 Å². The van der Waals surface area contributed by atoms with E-state index in [1.807, 2.05) is 18.7 Å². The van der Waals surface area contributed by atoms with E-state index >= 15 is 0 Å². The van der Waals surface area contributed by atoms with Crippen LogP contribution in [0.1, 0.15) is 26.2 Å². The summed E-state index contributed by atoms with van der Waals surface area (Å²) in [6, 6.07) is 0.0935. The molecule has 0 aromatic rings. The Kier molecular flexibility index (Phi) is 6.14. The molecule has 2 aliphatic heterocycles. The van der Waals surface area contributed by atoms with E-state index in [9.17, 15) is 4.79 Å². The van der Waals surface area contributed by atoms with Gasteiger partial charge in [-0.2, -0.15) is 11.8 Å². The van der Waals surface area contributed by atoms with Crippen molar-refractivity contribution in [2.75, 3.05) is 44.4 Å². The minimum atomic E-state index is 0.0935. The van der Waals surface area contributed by atoms with Crippen molar-refractivity contribution in [3.05, 3.63) is 0 Å². The van der Waals surface area contributed by atoms with E-state index in [-0.39, 0.29) is 17.5 Å². The van der Waals surface area contributed by atoms with Crippen LogP contribution in [0.15, 0.2) is 0 Å². The fourth-order valence-electron chi connectivity index (χ4n) is 2.85. The van der Waals surface area contributed by atoms with Crippen LogP contribution in [0.3, 0.4) is 0 Å². The molecule has 0 bridgehead atoms. The lowest BCUT2D eigenvalue weighted by molar-refractivity contribution is -0.122. The van der Waals surface area contributed by atoms with Crippen LogP contribution in [0, 0.1) is 0 Å². The summed E-state index contributed by atoms with van der Waals surface area (Å²) in [7, 11) is 0. The zero-order valence-corrected chi connectivity index (χ0v) is 13.2. The molecule has 5 nitrogen and oxygen atoms in total. The Morgan fingerprint density at radius 2 is 2.25 bits per heavy atom. The summed E-state index contributed by atoms with van der Waals surface area (Å²) in [5, 5.41) is 3.13. The van der Waals surface area contributed by atoms with Gasteiger partial charge in [0.1, 0.15) is 0 Å². The van der Waals surface area contributed by atoms with Gasteiger partial charge in [0.05, 0.1) is 13.2 Å². The molecule has 6 heteroatoms. The molecule has 0 radical (unpaired) electrons. The Hall–Kier alpha value is -0.300. The molecular formula is C14H27N3O2S. The number of hydrogen-bond donors (Lipinski definition) is 2. The molecule has 0 aromatic heterocycles. The number of carbonyl (C=O) groups is 1. The molecule has 2 unspecified atom stereocenters. The number of morpholine rings is 1. The van der Waals surface area contributed by atoms with Gasteiger partial charge in [-0.1, -0.05) is 0 Å². The van der Waals surface area contributed by atoms with Gasteiger partial charge >= 0.3 is 0 Å². The van der Waals surface area contributed by atoms with E-state index in [0.717, 1.165) is 51.4 Å². The number of rotatable bonds is 6. The average molecular weight is 301 g/mol. The molecule has 0 aliphatic carbocycles. The molecule has 116 valence electrons. The highest BCUT2D eigenvalue weighted by Gasteiger charge is 2.40. The van der Waals surface area contributed by atoms with Crippen molar-refractivity contribution < 1.29 is 9.53 Å². The molecule has 3 N–H and O–H groups in total. The Morgan fingerprint density at radius 3 is 2.85 bits per heavy atom. The van der Waals surface area contributed by atoms with Crippen LogP contribution in [0.25, 0.3) is 0 Å². The second kappa shape index (κ2) is 7.64. The number of nitrogens with one attached hydrogen (secondary N) is 1. The molecule has 2 rings (SSSR count). The summed E-state index contributed by atoms with van der Waals surface area (Å²) in [4.78, 5) is 14.4. The van der Waals surface area contributed by atoms with Gasteiger partial charge in [-0.25, -0.2) is 0 Å². The smallest absolute Gasteiger partial charge is 0.220 e. The van der Waals surface area contributed by atoms with Gasteiger partial charge in [-0.3, -0.25) is 9.69 Å². The quantitative estimate of drug-likeness (QED) is 0.745. The topological polar surface area (TPSA) is 67.6 Å². The summed E-state index contributed by atoms with van der Waals surface area (Å²) >= 11 is 1.99. The number of ether oxygens (including phenoxy) is 1. The van der Waals surface area contributed by atoms with E-state index in [1.165, 1.54) is 5.75 Å². The SMILES string of the molecule is CC(N)CCC(=O)NCC1(N2CCOCC2)CCSC1. The third kappa shape index (κ3) is 4.35. The van der Waals surface area contributed by atoms with Crippen molar-refractivity contribution in [1.29, 1.82) is 0 Å². The van der Waals surface area contributed by atoms with E-state index in [4.69, 9.17) is 10.5 Å². The number of hydrogen-bond acceptors (Lipinski definition) is 5. The van der Waals surface area contributed by atoms with Gasteiger partial charge in [0.2, 0.25) is 5.91 Å². The third-order valence-electron chi connectivity index (χ3n) is 4.21. The minimum Gasteiger partial charge on any atom is -0.379 e. The lowest BCUT2D eigenvalue weighted by Gasteiger charge is -2.43. The Morgan fingerprint density at radius 1 is 1.50 bits per heavy atom. The summed E-state index contributed by atoms with van der Waals surface area (Å²) in [5.41, 5.74) is 5.83. The lowest BCUT2D eigenvalue weighted by atomic mass is 9.95. The molecule has 1 amide bonds. The molecular weight excluding hydrogens is 274 g/mol. The van der Waals surface area contributed by atoms with Crippen molar-refractivity contribution in [1.82, 2.24) is 10.2 Å². The first-order valence-corrected chi connectivity index (χ1v) is 8.71. The van der Waals surface area contributed by atoms with Crippen LogP contribution in [-0.2, 0) is 9.53 Å². The van der Waals surface area contributed by atoms with Crippen LogP contribution in [0.2, 0.25) is 0 Å². The first kappa shape index (κ1) is 16.1. The monoisotopic (exact) mass is 301 g/mol. The second-order valence-corrected chi connectivity index (χ2v) is 7.02. The van der Waals surface area contributed by atoms with Gasteiger partial charge < -0.3 is 15.8 Å². The number of carbonyl (C=O) groups excluding carboxylic acids is 1. The summed E-state index contributed by atoms with van der Waals surface area (Å²) < 4.78 is 5.45. The maximum Gasteiger partial charge on any atom is 0.220 e. The molecule has 0 saturated carbocycles. The molecule has 2 aliphatic rings. The van der Waals surface area contributed by atoms with Gasteiger partial charge in [-0.05, 0) is 25.5 Å². The summed E-state index contributed by atoms with van der Waals surface area (Å²) in [6.07, 6.45) is 2.44. The first-order chi connectivity index (χ1) is 9.62. The van der Waals surface area contributed by atoms with Crippen molar-refractivity contribution in [2.24, 2.45) is 5.73 Å². The van der Waals surface area contributed by atoms with E-state index in [2.05, 4.69) is 10.2 Å². The van der Waals surface area contributed by atoms with E-state index in [1.54, 1.807) is 0 Å². The molecule has 2 atom stereocenters. The molecule has 0 aromatic carbocycles. The lowest BCUT2D eigenvalue weighted by Crippen LogP contribution is -2.59. The highest BCUT2D eigenvalue weighted by atomic mass is 32.2. The molecule has 2 heterocycles. The average Bonchev–Trinajstić information content (AvgIpc) is 2.94. The normalized spacial score (nSPS) is 29.3. The minimum absolute atomic E-state index is 0.0935.